The number of hydrogen-bond donors (Lipinski definition) is 1. The number of aromatic nitrogens is 1. The molecule has 2 aromatic heterocycles. The van der Waals surface area contributed by atoms with Crippen molar-refractivity contribution in [1.29, 1.82) is 0 Å². The average Bonchev–Trinajstić information content (AvgIpc) is 3.17. The molecule has 0 atom stereocenters. The summed E-state index contributed by atoms with van der Waals surface area (Å²) in [5, 5.41) is 9.31. The molecular weight excluding hydrogens is 392 g/mol. The summed E-state index contributed by atoms with van der Waals surface area (Å²) in [6, 6.07) is 21.1. The normalized spacial score (nSPS) is 11.2. The van der Waals surface area contributed by atoms with E-state index in [1.807, 2.05) is 72.1 Å². The molecule has 0 aliphatic carbocycles. The maximum atomic E-state index is 12.5. The van der Waals surface area contributed by atoms with Crippen LogP contribution in [0.5, 0.6) is 0 Å². The molecule has 6 heteroatoms. The lowest BCUT2D eigenvalue weighted by atomic mass is 10.0. The van der Waals surface area contributed by atoms with Gasteiger partial charge in [-0.25, -0.2) is 9.78 Å². The maximum absolute atomic E-state index is 12.5. The maximum Gasteiger partial charge on any atom is 0.345 e. The number of anilines is 2. The summed E-state index contributed by atoms with van der Waals surface area (Å²) in [6.07, 6.45) is 0. The summed E-state index contributed by atoms with van der Waals surface area (Å²) < 4.78 is 5.57. The average molecular weight is 405 g/mol. The van der Waals surface area contributed by atoms with E-state index in [1.54, 1.807) is 0 Å². The van der Waals surface area contributed by atoms with Gasteiger partial charge in [-0.2, -0.15) is 0 Å². The predicted molar refractivity (Wildman–Crippen MR) is 116 cm³/mol. The first-order chi connectivity index (χ1) is 13.7. The predicted octanol–water partition coefficient (Wildman–Crippen LogP) is 6.47. The van der Waals surface area contributed by atoms with E-state index >= 15 is 0 Å². The van der Waals surface area contributed by atoms with Crippen LogP contribution in [0.1, 0.15) is 0 Å². The van der Waals surface area contributed by atoms with Crippen LogP contribution in [0.3, 0.4) is 0 Å². The van der Waals surface area contributed by atoms with Gasteiger partial charge in [-0.1, -0.05) is 54.1 Å². The summed E-state index contributed by atoms with van der Waals surface area (Å²) in [5.41, 5.74) is 1.94. The number of fused-ring (bicyclic) bond motifs is 3. The van der Waals surface area contributed by atoms with E-state index in [2.05, 4.69) is 10.3 Å². The monoisotopic (exact) mass is 404 g/mol. The molecule has 0 bridgehead atoms. The van der Waals surface area contributed by atoms with E-state index < -0.39 is 5.63 Å². The van der Waals surface area contributed by atoms with Gasteiger partial charge in [-0.05, 0) is 35.0 Å². The Balaban J connectivity index is 1.60. The SMILES string of the molecule is O=c1oc2ccc3ccccc3c2cc1-c1csc(Nc2ccccc2Cl)n1. The molecule has 0 aliphatic rings. The second-order valence-corrected chi connectivity index (χ2v) is 7.55. The highest BCUT2D eigenvalue weighted by Crippen LogP contribution is 2.31. The summed E-state index contributed by atoms with van der Waals surface area (Å²) in [4.78, 5) is 17.1. The minimum Gasteiger partial charge on any atom is -0.422 e. The number of rotatable bonds is 3. The highest BCUT2D eigenvalue weighted by atomic mass is 35.5. The Morgan fingerprint density at radius 2 is 1.79 bits per heavy atom. The second-order valence-electron chi connectivity index (χ2n) is 6.29. The van der Waals surface area contributed by atoms with Crippen LogP contribution in [0.2, 0.25) is 5.02 Å². The summed E-state index contributed by atoms with van der Waals surface area (Å²) in [6.45, 7) is 0. The molecule has 0 unspecified atom stereocenters. The van der Waals surface area contributed by atoms with E-state index in [-0.39, 0.29) is 0 Å². The molecule has 0 spiro atoms. The van der Waals surface area contributed by atoms with Crippen molar-refractivity contribution in [3.05, 3.63) is 87.6 Å². The van der Waals surface area contributed by atoms with Gasteiger partial charge in [0.1, 0.15) is 5.58 Å². The molecule has 0 saturated carbocycles. The third-order valence-electron chi connectivity index (χ3n) is 4.54. The molecule has 0 saturated heterocycles. The van der Waals surface area contributed by atoms with Gasteiger partial charge in [0, 0.05) is 10.8 Å². The number of halogens is 1. The lowest BCUT2D eigenvalue weighted by Gasteiger charge is -2.05. The molecule has 5 aromatic rings. The number of para-hydroxylation sites is 1. The van der Waals surface area contributed by atoms with E-state index in [4.69, 9.17) is 16.0 Å². The summed E-state index contributed by atoms with van der Waals surface area (Å²) >= 11 is 7.60. The zero-order valence-electron chi connectivity index (χ0n) is 14.5. The number of nitrogens with zero attached hydrogens (tertiary/aromatic N) is 1. The third kappa shape index (κ3) is 2.95. The van der Waals surface area contributed by atoms with Crippen molar-refractivity contribution in [2.75, 3.05) is 5.32 Å². The summed E-state index contributed by atoms with van der Waals surface area (Å²) in [5.74, 6) is 0. The lowest BCUT2D eigenvalue weighted by Crippen LogP contribution is -2.03. The Kier molecular flexibility index (Phi) is 4.11. The first-order valence-electron chi connectivity index (χ1n) is 8.62. The number of nitrogens with one attached hydrogen (secondary N) is 1. The number of thiazole rings is 1. The van der Waals surface area contributed by atoms with Crippen LogP contribution in [-0.2, 0) is 0 Å². The topological polar surface area (TPSA) is 55.1 Å². The quantitative estimate of drug-likeness (QED) is 0.276. The minimum absolute atomic E-state index is 0.405. The molecular formula is C22H13ClN2O2S. The highest BCUT2D eigenvalue weighted by Gasteiger charge is 2.13. The van der Waals surface area contributed by atoms with Crippen LogP contribution in [-0.4, -0.2) is 4.98 Å². The molecule has 0 radical (unpaired) electrons. The van der Waals surface area contributed by atoms with Gasteiger partial charge in [-0.3, -0.25) is 0 Å². The van der Waals surface area contributed by atoms with Crippen LogP contribution >= 0.6 is 22.9 Å². The first-order valence-corrected chi connectivity index (χ1v) is 9.88. The molecule has 28 heavy (non-hydrogen) atoms. The minimum atomic E-state index is -0.405. The van der Waals surface area contributed by atoms with Crippen molar-refractivity contribution in [1.82, 2.24) is 4.98 Å². The molecule has 1 N–H and O–H groups in total. The van der Waals surface area contributed by atoms with Crippen LogP contribution in [0, 0.1) is 0 Å². The number of hydrogen-bond acceptors (Lipinski definition) is 5. The lowest BCUT2D eigenvalue weighted by molar-refractivity contribution is 0.563. The van der Waals surface area contributed by atoms with Gasteiger partial charge in [-0.15, -0.1) is 11.3 Å². The number of benzene rings is 3. The molecule has 0 amide bonds. The Bertz CT molecular complexity index is 1390. The fraction of sp³-hybridized carbons (Fsp3) is 0. The van der Waals surface area contributed by atoms with Gasteiger partial charge < -0.3 is 9.73 Å². The molecule has 136 valence electrons. The van der Waals surface area contributed by atoms with Gasteiger partial charge in [0.15, 0.2) is 5.13 Å². The van der Waals surface area contributed by atoms with Crippen LogP contribution in [0.25, 0.3) is 33.0 Å². The fourth-order valence-corrected chi connectivity index (χ4v) is 4.09. The van der Waals surface area contributed by atoms with Crippen molar-refractivity contribution in [2.45, 2.75) is 0 Å². The third-order valence-corrected chi connectivity index (χ3v) is 5.62. The van der Waals surface area contributed by atoms with Crippen LogP contribution in [0.15, 0.2) is 81.3 Å². The Morgan fingerprint density at radius 3 is 2.68 bits per heavy atom. The molecule has 0 fully saturated rings. The van der Waals surface area contributed by atoms with Crippen molar-refractivity contribution in [3.63, 3.8) is 0 Å². The highest BCUT2D eigenvalue weighted by molar-refractivity contribution is 7.14. The van der Waals surface area contributed by atoms with Gasteiger partial charge in [0.2, 0.25) is 0 Å². The van der Waals surface area contributed by atoms with E-state index in [0.717, 1.165) is 21.8 Å². The Labute approximate surface area is 169 Å². The zero-order chi connectivity index (χ0) is 19.1. The Hall–Kier alpha value is -3.15. The van der Waals surface area contributed by atoms with Gasteiger partial charge in [0.05, 0.1) is 22.0 Å². The van der Waals surface area contributed by atoms with Crippen molar-refractivity contribution in [2.24, 2.45) is 0 Å². The fourth-order valence-electron chi connectivity index (χ4n) is 3.18. The first kappa shape index (κ1) is 17.0. The molecule has 2 heterocycles. The van der Waals surface area contributed by atoms with Gasteiger partial charge in [0.25, 0.3) is 0 Å². The summed E-state index contributed by atoms with van der Waals surface area (Å²) in [7, 11) is 0. The standard InChI is InChI=1S/C22H13ClN2O2S/c23-17-7-3-4-8-18(17)24-22-25-19(12-28-22)16-11-15-14-6-2-1-5-13(14)9-10-20(15)27-21(16)26/h1-12H,(H,24,25). The van der Waals surface area contributed by atoms with Crippen molar-refractivity contribution >= 4 is 55.5 Å². The van der Waals surface area contributed by atoms with E-state index in [9.17, 15) is 4.79 Å². The zero-order valence-corrected chi connectivity index (χ0v) is 16.1. The van der Waals surface area contributed by atoms with E-state index in [1.165, 1.54) is 11.3 Å². The van der Waals surface area contributed by atoms with Gasteiger partial charge >= 0.3 is 5.63 Å². The molecule has 5 rings (SSSR count). The van der Waals surface area contributed by atoms with Crippen LogP contribution in [0.4, 0.5) is 10.8 Å². The Morgan fingerprint density at radius 1 is 0.964 bits per heavy atom. The molecule has 0 aliphatic heterocycles. The smallest absolute Gasteiger partial charge is 0.345 e. The van der Waals surface area contributed by atoms with Crippen molar-refractivity contribution < 1.29 is 4.42 Å². The molecule has 4 nitrogen and oxygen atoms in total. The van der Waals surface area contributed by atoms with Crippen LogP contribution < -0.4 is 10.9 Å². The van der Waals surface area contributed by atoms with Crippen molar-refractivity contribution in [3.8, 4) is 11.3 Å². The molecule has 3 aromatic carbocycles. The van der Waals surface area contributed by atoms with E-state index in [0.29, 0.717) is 27.0 Å². The largest absolute Gasteiger partial charge is 0.422 e. The second kappa shape index (κ2) is 6.78.